The summed E-state index contributed by atoms with van der Waals surface area (Å²) in [5, 5.41) is 20.4. The van der Waals surface area contributed by atoms with Crippen LogP contribution >= 0.6 is 0 Å². The van der Waals surface area contributed by atoms with Gasteiger partial charge in [-0.25, -0.2) is 0 Å². The first-order valence-corrected chi connectivity index (χ1v) is 30.2. The van der Waals surface area contributed by atoms with Gasteiger partial charge < -0.3 is 81.3 Å². The number of carbonyl (C=O) groups excluding carboxylic acids is 1. The van der Waals surface area contributed by atoms with Crippen LogP contribution in [-0.4, -0.2) is 186 Å². The zero-order valence-electron chi connectivity index (χ0n) is 45.6. The lowest BCUT2D eigenvalue weighted by molar-refractivity contribution is -0.371. The molecule has 16 heterocycles. The number of carboxylic acids is 1. The topological polar surface area (TPSA) is 213 Å². The van der Waals surface area contributed by atoms with E-state index in [0.717, 1.165) is 43.3 Å². The number of rotatable bonds is 2. The highest BCUT2D eigenvalue weighted by atomic mass is 16.8. The summed E-state index contributed by atoms with van der Waals surface area (Å²) in [4.78, 5) is 26.1. The number of carboxylic acid groups (broad SMARTS) is 1. The van der Waals surface area contributed by atoms with Gasteiger partial charge in [0.1, 0.15) is 36.6 Å². The molecule has 78 heavy (non-hydrogen) atoms. The molecular formula is C59H82O19. The molecule has 0 aromatic heterocycles. The largest absolute Gasteiger partial charge is 0.481 e. The van der Waals surface area contributed by atoms with Crippen molar-refractivity contribution in [2.45, 2.75) is 307 Å². The third-order valence-corrected chi connectivity index (χ3v) is 21.6. The lowest BCUT2D eigenvalue weighted by Gasteiger charge is -2.54. The van der Waals surface area contributed by atoms with Crippen LogP contribution in [0.2, 0.25) is 0 Å². The van der Waals surface area contributed by atoms with E-state index in [1.165, 1.54) is 0 Å². The van der Waals surface area contributed by atoms with Crippen molar-refractivity contribution < 1.29 is 90.9 Å². The van der Waals surface area contributed by atoms with Crippen LogP contribution in [0, 0.1) is 23.7 Å². The van der Waals surface area contributed by atoms with Gasteiger partial charge in [-0.3, -0.25) is 9.59 Å². The number of fused-ring (bicyclic) bond motifs is 10. The van der Waals surface area contributed by atoms with Crippen LogP contribution in [-0.2, 0) is 80.6 Å². The average Bonchev–Trinajstić information content (AvgIpc) is 4.05. The summed E-state index contributed by atoms with van der Waals surface area (Å²) >= 11 is 0. The molecular weight excluding hydrogens is 1010 g/mol. The minimum atomic E-state index is -1.00. The first kappa shape index (κ1) is 52.6. The van der Waals surface area contributed by atoms with Crippen LogP contribution in [0.1, 0.15) is 143 Å². The van der Waals surface area contributed by atoms with Crippen LogP contribution in [0.15, 0.2) is 24.3 Å². The predicted molar refractivity (Wildman–Crippen MR) is 268 cm³/mol. The fourth-order valence-electron chi connectivity index (χ4n) is 18.0. The summed E-state index contributed by atoms with van der Waals surface area (Å²) in [5.74, 6) is -3.99. The number of esters is 1. The number of hydrogen-bond acceptors (Lipinski definition) is 18. The molecule has 16 rings (SSSR count). The fraction of sp³-hybridized carbons (Fsp3) is 0.898. The van der Waals surface area contributed by atoms with Crippen molar-refractivity contribution in [3.63, 3.8) is 0 Å². The summed E-state index contributed by atoms with van der Waals surface area (Å²) in [6.07, 6.45) is 1.76. The Morgan fingerprint density at radius 3 is 2.03 bits per heavy atom. The second-order valence-corrected chi connectivity index (χ2v) is 27.1. The van der Waals surface area contributed by atoms with Crippen molar-refractivity contribution in [2.75, 3.05) is 0 Å². The summed E-state index contributed by atoms with van der Waals surface area (Å²) in [5.41, 5.74) is 2.14. The summed E-state index contributed by atoms with van der Waals surface area (Å²) in [6, 6.07) is 0. The molecule has 12 bridgehead atoms. The summed E-state index contributed by atoms with van der Waals surface area (Å²) in [7, 11) is 0. The third-order valence-electron chi connectivity index (χ3n) is 21.6. The lowest BCUT2D eigenvalue weighted by atomic mass is 9.78. The predicted octanol–water partition coefficient (Wildman–Crippen LogP) is 5.66. The summed E-state index contributed by atoms with van der Waals surface area (Å²) in [6.45, 7) is 17.7. The van der Waals surface area contributed by atoms with Crippen LogP contribution in [0.5, 0.6) is 0 Å². The molecule has 19 nitrogen and oxygen atoms in total. The highest BCUT2D eigenvalue weighted by Crippen LogP contribution is 2.58. The minimum Gasteiger partial charge on any atom is -0.481 e. The van der Waals surface area contributed by atoms with E-state index in [1.54, 1.807) is 0 Å². The maximum atomic E-state index is 14.6. The second kappa shape index (κ2) is 19.4. The first-order chi connectivity index (χ1) is 37.4. The maximum Gasteiger partial charge on any atom is 0.308 e. The van der Waals surface area contributed by atoms with Gasteiger partial charge in [0.2, 0.25) is 0 Å². The van der Waals surface area contributed by atoms with E-state index >= 15 is 0 Å². The Balaban J connectivity index is 0.661. The number of aliphatic hydroxyl groups excluding tert-OH is 1. The fourth-order valence-corrected chi connectivity index (χ4v) is 18.0. The van der Waals surface area contributed by atoms with Gasteiger partial charge in [-0.1, -0.05) is 40.9 Å². The van der Waals surface area contributed by atoms with Crippen LogP contribution in [0.4, 0.5) is 0 Å². The maximum absolute atomic E-state index is 14.6. The monoisotopic (exact) mass is 1090 g/mol. The van der Waals surface area contributed by atoms with Crippen LogP contribution in [0.25, 0.3) is 0 Å². The number of carbonyl (C=O) groups is 2. The van der Waals surface area contributed by atoms with Crippen molar-refractivity contribution in [3.05, 3.63) is 24.3 Å². The van der Waals surface area contributed by atoms with Gasteiger partial charge in [0.05, 0.1) is 123 Å². The molecule has 1 unspecified atom stereocenters. The van der Waals surface area contributed by atoms with Crippen molar-refractivity contribution in [2.24, 2.45) is 23.7 Å². The van der Waals surface area contributed by atoms with Gasteiger partial charge in [0.25, 0.3) is 0 Å². The van der Waals surface area contributed by atoms with Crippen molar-refractivity contribution in [1.29, 1.82) is 0 Å². The molecule has 19 heteroatoms. The van der Waals surface area contributed by atoms with E-state index in [-0.39, 0.29) is 147 Å². The second-order valence-electron chi connectivity index (χ2n) is 27.1. The van der Waals surface area contributed by atoms with E-state index in [1.807, 2.05) is 0 Å². The zero-order valence-corrected chi connectivity index (χ0v) is 45.6. The zero-order chi connectivity index (χ0) is 53.3. The molecule has 0 saturated carbocycles. The highest BCUT2D eigenvalue weighted by Gasteiger charge is 2.70. The Labute approximate surface area is 456 Å². The number of aliphatic hydroxyl groups is 1. The number of aliphatic carboxylic acids is 1. The van der Waals surface area contributed by atoms with Gasteiger partial charge in [-0.2, -0.15) is 0 Å². The number of ether oxygens (including phenoxy) is 15. The van der Waals surface area contributed by atoms with Gasteiger partial charge in [-0.15, -0.1) is 0 Å². The van der Waals surface area contributed by atoms with E-state index in [0.29, 0.717) is 64.2 Å². The van der Waals surface area contributed by atoms with Crippen molar-refractivity contribution >= 4 is 11.9 Å². The molecule has 31 atom stereocenters. The molecule has 16 aliphatic rings. The minimum absolute atomic E-state index is 0.00942. The molecule has 3 spiro atoms. The molecule has 0 aromatic rings. The molecule has 2 N–H and O–H groups in total. The van der Waals surface area contributed by atoms with Crippen LogP contribution < -0.4 is 0 Å². The van der Waals surface area contributed by atoms with Gasteiger partial charge in [-0.05, 0) is 73.8 Å². The Morgan fingerprint density at radius 2 is 1.18 bits per heavy atom. The van der Waals surface area contributed by atoms with Gasteiger partial charge in [0, 0.05) is 63.7 Å². The average molecular weight is 1100 g/mol. The van der Waals surface area contributed by atoms with E-state index in [9.17, 15) is 19.8 Å². The molecule has 0 radical (unpaired) electrons. The standard InChI is InChI=1S/C59H82O19/c1-25-13-31-7-9-35-26(2)14-33(64-35)11-12-57-23-44-53(77-57)54-55(71-44)56(78-57)52-36(68-54)10-8-32(66-52)15-47(63)72-51-30(6)50-41(67-40(51)17-37(65-31)29(25)5)18-39-43(70-50)22-59(73-39)24-45-49(76-59)28(4)21-58(75-45)20-27(3)48-42(74-58)16-34(60)38(69-48)19-46(61)62/h25,27-28,30-45,48-56,60H,2,5,7-24H2,1,3-4,6H3,(H,61,62)/t25-,27+,28+,30+,31+,32-,33+,34-,35+,36+,37-,38-,39-,40+,41+,42+,43-,44-,45+,48+,49+,50+,51-,52+,53?,54+,55-,56+,57+,58-,59-/m1/s1. The smallest absolute Gasteiger partial charge is 0.308 e. The van der Waals surface area contributed by atoms with Crippen LogP contribution in [0.3, 0.4) is 0 Å². The summed E-state index contributed by atoms with van der Waals surface area (Å²) < 4.78 is 103. The molecule has 16 saturated heterocycles. The first-order valence-electron chi connectivity index (χ1n) is 30.2. The SMILES string of the molecule is C=C1C[C@@H]2CC[C@@]34C[C@H]5O[C@H]6[C@@H](O3)[C@H]3O[C@H](CC[C@@H]3O[C@H]6C5O4)CC(=O)O[C@@H]3[C@@H](C)[C@@H]4O[C@@H]5C[C@@]6(C[C@@H]7O[C@]8(C[C@H](C)[C@@H]9O[C@H](CC(=O)O)[C@H](O)C[C@@H]9O8)C[C@H](C)[C@@H]7O6)O[C@@H]5C[C@@H]4O[C@H]3C[C@H]3O[C@@H](CC[C@@H]1O2)C[C@@H](C)C3=C. The molecule has 0 amide bonds. The van der Waals surface area contributed by atoms with Gasteiger partial charge >= 0.3 is 11.9 Å². The molecule has 16 fully saturated rings. The van der Waals surface area contributed by atoms with E-state index in [2.05, 4.69) is 40.9 Å². The Morgan fingerprint density at radius 1 is 0.513 bits per heavy atom. The Bertz CT molecular complexity index is 2370. The normalized spacial score (nSPS) is 58.0. The highest BCUT2D eigenvalue weighted by molar-refractivity contribution is 5.70. The molecule has 0 aromatic carbocycles. The lowest BCUT2D eigenvalue weighted by Crippen LogP contribution is -2.62. The van der Waals surface area contributed by atoms with E-state index < -0.39 is 72.2 Å². The van der Waals surface area contributed by atoms with Gasteiger partial charge in [0.15, 0.2) is 17.4 Å². The number of hydrogen-bond donors (Lipinski definition) is 2. The molecule has 16 aliphatic heterocycles. The van der Waals surface area contributed by atoms with E-state index in [4.69, 9.17) is 71.1 Å². The molecule has 432 valence electrons. The third kappa shape index (κ3) is 8.98. The Kier molecular flexibility index (Phi) is 13.1. The quantitative estimate of drug-likeness (QED) is 0.252. The van der Waals surface area contributed by atoms with Crippen molar-refractivity contribution in [1.82, 2.24) is 0 Å². The van der Waals surface area contributed by atoms with Crippen molar-refractivity contribution in [3.8, 4) is 0 Å². The Hall–Kier alpha value is -2.18. The molecule has 0 aliphatic carbocycles.